The van der Waals surface area contributed by atoms with Crippen LogP contribution in [0.5, 0.6) is 11.5 Å². The highest BCUT2D eigenvalue weighted by atomic mass is 32.1. The van der Waals surface area contributed by atoms with Gasteiger partial charge in [-0.15, -0.1) is 11.3 Å². The first kappa shape index (κ1) is 19.9. The van der Waals surface area contributed by atoms with E-state index >= 15 is 0 Å². The maximum atomic E-state index is 12.5. The summed E-state index contributed by atoms with van der Waals surface area (Å²) < 4.78 is 10.7. The molecule has 8 heteroatoms. The van der Waals surface area contributed by atoms with Gasteiger partial charge in [-0.05, 0) is 48.9 Å². The summed E-state index contributed by atoms with van der Waals surface area (Å²) in [6.07, 6.45) is 2.06. The molecule has 1 aromatic carbocycles. The van der Waals surface area contributed by atoms with Crippen LogP contribution in [0.4, 0.5) is 5.69 Å². The SMILES string of the molecule is COc1cc(C(=O)NC2CC2)cc(NC(=O)Cc2csc(C(C)=O)c2)c1OC. The van der Waals surface area contributed by atoms with Crippen LogP contribution >= 0.6 is 11.3 Å². The van der Waals surface area contributed by atoms with Crippen LogP contribution in [0.15, 0.2) is 23.6 Å². The summed E-state index contributed by atoms with van der Waals surface area (Å²) >= 11 is 1.31. The molecule has 0 bridgehead atoms. The van der Waals surface area contributed by atoms with Crippen molar-refractivity contribution in [3.05, 3.63) is 39.6 Å². The molecule has 1 saturated carbocycles. The molecule has 0 spiro atoms. The van der Waals surface area contributed by atoms with E-state index < -0.39 is 0 Å². The smallest absolute Gasteiger partial charge is 0.251 e. The molecule has 148 valence electrons. The van der Waals surface area contributed by atoms with Crippen LogP contribution in [0.25, 0.3) is 0 Å². The Hall–Kier alpha value is -2.87. The Morgan fingerprint density at radius 3 is 2.46 bits per heavy atom. The van der Waals surface area contributed by atoms with Crippen LogP contribution in [-0.2, 0) is 11.2 Å². The molecule has 1 aromatic heterocycles. The fourth-order valence-corrected chi connectivity index (χ4v) is 3.53. The number of benzene rings is 1. The molecule has 1 aliphatic carbocycles. The number of carbonyl (C=O) groups is 3. The summed E-state index contributed by atoms with van der Waals surface area (Å²) in [5.74, 6) is 0.164. The lowest BCUT2D eigenvalue weighted by Crippen LogP contribution is -2.25. The summed E-state index contributed by atoms with van der Waals surface area (Å²) in [6.45, 7) is 1.49. The van der Waals surface area contributed by atoms with Gasteiger partial charge in [0.1, 0.15) is 0 Å². The Balaban J connectivity index is 1.80. The number of rotatable bonds is 8. The second-order valence-corrected chi connectivity index (χ2v) is 7.52. The number of nitrogens with one attached hydrogen (secondary N) is 2. The van der Waals surface area contributed by atoms with Crippen LogP contribution in [-0.4, -0.2) is 37.9 Å². The van der Waals surface area contributed by atoms with Gasteiger partial charge in [0.15, 0.2) is 17.3 Å². The molecule has 2 N–H and O–H groups in total. The normalized spacial score (nSPS) is 13.0. The minimum Gasteiger partial charge on any atom is -0.493 e. The lowest BCUT2D eigenvalue weighted by atomic mass is 10.1. The third-order valence-electron chi connectivity index (χ3n) is 4.29. The van der Waals surface area contributed by atoms with Gasteiger partial charge in [0.25, 0.3) is 5.91 Å². The van der Waals surface area contributed by atoms with Crippen LogP contribution in [0.3, 0.4) is 0 Å². The zero-order chi connectivity index (χ0) is 20.3. The minimum atomic E-state index is -0.284. The first-order valence-corrected chi connectivity index (χ1v) is 9.74. The van der Waals surface area contributed by atoms with Crippen molar-refractivity contribution in [2.24, 2.45) is 0 Å². The lowest BCUT2D eigenvalue weighted by molar-refractivity contribution is -0.115. The Morgan fingerprint density at radius 1 is 1.14 bits per heavy atom. The molecule has 0 radical (unpaired) electrons. The average Bonchev–Trinajstić information content (AvgIpc) is 3.35. The highest BCUT2D eigenvalue weighted by Gasteiger charge is 2.25. The van der Waals surface area contributed by atoms with Gasteiger partial charge >= 0.3 is 0 Å². The second kappa shape index (κ2) is 8.43. The zero-order valence-corrected chi connectivity index (χ0v) is 16.8. The Morgan fingerprint density at radius 2 is 1.89 bits per heavy atom. The molecule has 0 atom stereocenters. The third-order valence-corrected chi connectivity index (χ3v) is 5.37. The molecule has 0 aliphatic heterocycles. The number of carbonyl (C=O) groups excluding carboxylic acids is 3. The molecular weight excluding hydrogens is 380 g/mol. The van der Waals surface area contributed by atoms with E-state index in [0.29, 0.717) is 27.6 Å². The van der Waals surface area contributed by atoms with Crippen molar-refractivity contribution in [2.75, 3.05) is 19.5 Å². The van der Waals surface area contributed by atoms with Gasteiger partial charge in [-0.1, -0.05) is 0 Å². The number of ketones is 1. The van der Waals surface area contributed by atoms with Crippen molar-refractivity contribution in [1.82, 2.24) is 5.32 Å². The summed E-state index contributed by atoms with van der Waals surface area (Å²) in [5.41, 5.74) is 1.49. The van der Waals surface area contributed by atoms with Crippen molar-refractivity contribution >= 4 is 34.6 Å². The average molecular weight is 402 g/mol. The number of hydrogen-bond donors (Lipinski definition) is 2. The topological polar surface area (TPSA) is 93.7 Å². The molecule has 0 saturated heterocycles. The van der Waals surface area contributed by atoms with Crippen molar-refractivity contribution in [3.8, 4) is 11.5 Å². The second-order valence-electron chi connectivity index (χ2n) is 6.61. The molecule has 0 unspecified atom stereocenters. The Labute approximate surface area is 167 Å². The van der Waals surface area contributed by atoms with Gasteiger partial charge in [0.05, 0.1) is 31.2 Å². The maximum absolute atomic E-state index is 12.5. The van der Waals surface area contributed by atoms with E-state index in [0.717, 1.165) is 18.4 Å². The lowest BCUT2D eigenvalue weighted by Gasteiger charge is -2.15. The standard InChI is InChI=1S/C20H22N2O5S/c1-11(23)17-6-12(10-28-17)7-18(24)22-15-8-13(20(25)21-14-4-5-14)9-16(26-2)19(15)27-3/h6,8-10,14H,4-5,7H2,1-3H3,(H,21,25)(H,22,24). The van der Waals surface area contributed by atoms with Crippen molar-refractivity contribution in [1.29, 1.82) is 0 Å². The van der Waals surface area contributed by atoms with E-state index in [9.17, 15) is 14.4 Å². The fraction of sp³-hybridized carbons (Fsp3) is 0.350. The number of ether oxygens (including phenoxy) is 2. The Kier molecular flexibility index (Phi) is 5.99. The van der Waals surface area contributed by atoms with E-state index in [-0.39, 0.29) is 30.1 Å². The molecule has 2 aromatic rings. The van der Waals surface area contributed by atoms with Crippen molar-refractivity contribution < 1.29 is 23.9 Å². The van der Waals surface area contributed by atoms with Crippen molar-refractivity contribution in [3.63, 3.8) is 0 Å². The van der Waals surface area contributed by atoms with E-state index in [1.54, 1.807) is 23.6 Å². The molecule has 3 rings (SSSR count). The molecule has 28 heavy (non-hydrogen) atoms. The predicted octanol–water partition coefficient (Wildman–Crippen LogP) is 3.04. The van der Waals surface area contributed by atoms with Gasteiger partial charge in [-0.2, -0.15) is 0 Å². The monoisotopic (exact) mass is 402 g/mol. The number of Topliss-reactive ketones (excluding diaryl/α,β-unsaturated/α-hetero) is 1. The van der Waals surface area contributed by atoms with E-state index in [4.69, 9.17) is 9.47 Å². The summed E-state index contributed by atoms with van der Waals surface area (Å²) in [6, 6.07) is 5.09. The number of anilines is 1. The summed E-state index contributed by atoms with van der Waals surface area (Å²) in [7, 11) is 2.94. The highest BCUT2D eigenvalue weighted by Crippen LogP contribution is 2.37. The maximum Gasteiger partial charge on any atom is 0.251 e. The molecular formula is C20H22N2O5S. The molecule has 1 fully saturated rings. The van der Waals surface area contributed by atoms with Crippen LogP contribution < -0.4 is 20.1 Å². The third kappa shape index (κ3) is 4.69. The van der Waals surface area contributed by atoms with E-state index in [2.05, 4.69) is 10.6 Å². The van der Waals surface area contributed by atoms with Gasteiger partial charge in [-0.3, -0.25) is 14.4 Å². The van der Waals surface area contributed by atoms with Gasteiger partial charge in [-0.25, -0.2) is 0 Å². The Bertz CT molecular complexity index is 917. The van der Waals surface area contributed by atoms with E-state index in [1.165, 1.54) is 32.5 Å². The van der Waals surface area contributed by atoms with Gasteiger partial charge in [0.2, 0.25) is 5.91 Å². The van der Waals surface area contributed by atoms with Gasteiger partial charge < -0.3 is 20.1 Å². The summed E-state index contributed by atoms with van der Waals surface area (Å²) in [5, 5.41) is 7.48. The predicted molar refractivity (Wildman–Crippen MR) is 107 cm³/mol. The molecule has 1 heterocycles. The number of thiophene rings is 1. The highest BCUT2D eigenvalue weighted by molar-refractivity contribution is 7.12. The first-order valence-electron chi connectivity index (χ1n) is 8.86. The zero-order valence-electron chi connectivity index (χ0n) is 16.0. The molecule has 7 nitrogen and oxygen atoms in total. The van der Waals surface area contributed by atoms with Crippen LogP contribution in [0.2, 0.25) is 0 Å². The largest absolute Gasteiger partial charge is 0.493 e. The molecule has 2 amide bonds. The number of amides is 2. The summed E-state index contributed by atoms with van der Waals surface area (Å²) in [4.78, 5) is 36.9. The van der Waals surface area contributed by atoms with Gasteiger partial charge in [0, 0.05) is 11.6 Å². The quantitative estimate of drug-likeness (QED) is 0.662. The van der Waals surface area contributed by atoms with Crippen LogP contribution in [0, 0.1) is 0 Å². The first-order chi connectivity index (χ1) is 13.4. The van der Waals surface area contributed by atoms with Crippen molar-refractivity contribution in [2.45, 2.75) is 32.2 Å². The minimum absolute atomic E-state index is 0.0301. The van der Waals surface area contributed by atoms with Crippen LogP contribution in [0.1, 0.15) is 45.4 Å². The number of hydrogen-bond acceptors (Lipinski definition) is 6. The molecule has 1 aliphatic rings. The van der Waals surface area contributed by atoms with E-state index in [1.807, 2.05) is 0 Å². The number of methoxy groups -OCH3 is 2. The fourth-order valence-electron chi connectivity index (χ4n) is 2.72.